The summed E-state index contributed by atoms with van der Waals surface area (Å²) >= 11 is 0. The first-order valence-corrected chi connectivity index (χ1v) is 8.40. The van der Waals surface area contributed by atoms with E-state index in [4.69, 9.17) is 4.74 Å². The molecule has 1 aromatic rings. The van der Waals surface area contributed by atoms with E-state index in [2.05, 4.69) is 11.8 Å². The number of amides is 1. The number of morpholine rings is 1. The minimum atomic E-state index is 0.126. The number of piperidine rings is 1. The molecule has 0 saturated carbocycles. The molecule has 0 aromatic heterocycles. The Bertz CT molecular complexity index is 483. The molecule has 22 heavy (non-hydrogen) atoms. The monoisotopic (exact) mass is 302 g/mol. The van der Waals surface area contributed by atoms with Gasteiger partial charge in [-0.3, -0.25) is 4.79 Å². The maximum Gasteiger partial charge on any atom is 0.254 e. The van der Waals surface area contributed by atoms with E-state index in [1.54, 1.807) is 0 Å². The first kappa shape index (κ1) is 15.5. The fourth-order valence-electron chi connectivity index (χ4n) is 3.31. The van der Waals surface area contributed by atoms with Crippen LogP contribution in [0.4, 0.5) is 0 Å². The molecule has 0 spiro atoms. The van der Waals surface area contributed by atoms with Crippen LogP contribution in [0.3, 0.4) is 0 Å². The lowest BCUT2D eigenvalue weighted by Gasteiger charge is -2.37. The van der Waals surface area contributed by atoms with Gasteiger partial charge in [0, 0.05) is 25.2 Å². The molecule has 0 bridgehead atoms. The molecule has 1 aromatic carbocycles. The third-order valence-electron chi connectivity index (χ3n) is 4.78. The molecule has 0 N–H and O–H groups in total. The molecule has 4 nitrogen and oxygen atoms in total. The van der Waals surface area contributed by atoms with Gasteiger partial charge in [0.25, 0.3) is 5.91 Å². The fraction of sp³-hybridized carbons (Fsp3) is 0.611. The van der Waals surface area contributed by atoms with E-state index in [-0.39, 0.29) is 12.0 Å². The molecule has 0 aliphatic carbocycles. The Morgan fingerprint density at radius 2 is 1.91 bits per heavy atom. The van der Waals surface area contributed by atoms with Crippen LogP contribution in [0.15, 0.2) is 30.3 Å². The summed E-state index contributed by atoms with van der Waals surface area (Å²) in [6, 6.07) is 9.55. The Morgan fingerprint density at radius 1 is 1.18 bits per heavy atom. The van der Waals surface area contributed by atoms with E-state index in [0.717, 1.165) is 31.1 Å². The lowest BCUT2D eigenvalue weighted by molar-refractivity contribution is -0.0390. The molecule has 1 atom stereocenters. The molecule has 4 heteroatoms. The molecule has 0 radical (unpaired) electrons. The Morgan fingerprint density at radius 3 is 2.64 bits per heavy atom. The number of hydrogen-bond acceptors (Lipinski definition) is 3. The lowest BCUT2D eigenvalue weighted by Crippen LogP contribution is -2.50. The second-order valence-electron chi connectivity index (χ2n) is 6.59. The van der Waals surface area contributed by atoms with E-state index in [0.29, 0.717) is 19.7 Å². The van der Waals surface area contributed by atoms with Gasteiger partial charge in [-0.2, -0.15) is 0 Å². The minimum Gasteiger partial charge on any atom is -0.373 e. The number of rotatable bonds is 3. The average Bonchev–Trinajstić information content (AvgIpc) is 2.57. The van der Waals surface area contributed by atoms with Gasteiger partial charge in [0.2, 0.25) is 0 Å². The molecule has 2 aliphatic heterocycles. The molecule has 2 saturated heterocycles. The van der Waals surface area contributed by atoms with Crippen molar-refractivity contribution < 1.29 is 9.53 Å². The zero-order valence-corrected chi connectivity index (χ0v) is 13.4. The highest BCUT2D eigenvalue weighted by atomic mass is 16.5. The first-order chi connectivity index (χ1) is 10.7. The van der Waals surface area contributed by atoms with Gasteiger partial charge in [0.1, 0.15) is 0 Å². The van der Waals surface area contributed by atoms with Gasteiger partial charge in [-0.1, -0.05) is 25.1 Å². The van der Waals surface area contributed by atoms with Crippen LogP contribution in [0.5, 0.6) is 0 Å². The highest BCUT2D eigenvalue weighted by molar-refractivity contribution is 5.94. The summed E-state index contributed by atoms with van der Waals surface area (Å²) in [4.78, 5) is 17.0. The highest BCUT2D eigenvalue weighted by Gasteiger charge is 2.27. The smallest absolute Gasteiger partial charge is 0.254 e. The average molecular weight is 302 g/mol. The van der Waals surface area contributed by atoms with Crippen LogP contribution in [0.1, 0.15) is 30.1 Å². The molecule has 2 aliphatic rings. The van der Waals surface area contributed by atoms with Crippen molar-refractivity contribution in [3.8, 4) is 0 Å². The molecular weight excluding hydrogens is 276 g/mol. The zero-order chi connectivity index (χ0) is 15.4. The van der Waals surface area contributed by atoms with Crippen molar-refractivity contribution in [1.82, 2.24) is 9.80 Å². The fourth-order valence-corrected chi connectivity index (χ4v) is 3.31. The van der Waals surface area contributed by atoms with Crippen molar-refractivity contribution in [2.45, 2.75) is 25.9 Å². The summed E-state index contributed by atoms with van der Waals surface area (Å²) in [6.07, 6.45) is 2.70. The third kappa shape index (κ3) is 3.87. The Labute approximate surface area is 133 Å². The van der Waals surface area contributed by atoms with E-state index >= 15 is 0 Å². The Kier molecular flexibility index (Phi) is 5.11. The maximum absolute atomic E-state index is 12.5. The number of benzene rings is 1. The normalized spacial score (nSPS) is 24.4. The van der Waals surface area contributed by atoms with E-state index in [9.17, 15) is 4.79 Å². The predicted octanol–water partition coefficient (Wildman–Crippen LogP) is 2.26. The predicted molar refractivity (Wildman–Crippen MR) is 86.9 cm³/mol. The lowest BCUT2D eigenvalue weighted by atomic mass is 9.99. The molecule has 2 heterocycles. The highest BCUT2D eigenvalue weighted by Crippen LogP contribution is 2.18. The van der Waals surface area contributed by atoms with Crippen LogP contribution < -0.4 is 0 Å². The van der Waals surface area contributed by atoms with Crippen LogP contribution in [0.25, 0.3) is 0 Å². The molecule has 120 valence electrons. The van der Waals surface area contributed by atoms with Crippen molar-refractivity contribution >= 4 is 5.91 Å². The molecule has 2 fully saturated rings. The molecular formula is C18H26N2O2. The van der Waals surface area contributed by atoms with Crippen molar-refractivity contribution in [3.05, 3.63) is 35.9 Å². The number of carbonyl (C=O) groups excluding carboxylic acids is 1. The number of nitrogens with zero attached hydrogens (tertiary/aromatic N) is 2. The SMILES string of the molecule is CC1CCN(C[C@H]2CN(C(=O)c3ccccc3)CCO2)CC1. The Hall–Kier alpha value is -1.39. The summed E-state index contributed by atoms with van der Waals surface area (Å²) in [6.45, 7) is 7.65. The maximum atomic E-state index is 12.5. The third-order valence-corrected chi connectivity index (χ3v) is 4.78. The van der Waals surface area contributed by atoms with Crippen LogP contribution in [-0.4, -0.2) is 61.1 Å². The van der Waals surface area contributed by atoms with E-state index in [1.807, 2.05) is 35.2 Å². The van der Waals surface area contributed by atoms with Gasteiger partial charge in [-0.05, 0) is 44.0 Å². The second kappa shape index (κ2) is 7.25. The largest absolute Gasteiger partial charge is 0.373 e. The van der Waals surface area contributed by atoms with Crippen LogP contribution in [-0.2, 0) is 4.74 Å². The topological polar surface area (TPSA) is 32.8 Å². The van der Waals surface area contributed by atoms with Gasteiger partial charge in [0.05, 0.1) is 12.7 Å². The summed E-state index contributed by atoms with van der Waals surface area (Å²) < 4.78 is 5.89. The molecule has 0 unspecified atom stereocenters. The molecule has 1 amide bonds. The van der Waals surface area contributed by atoms with Crippen LogP contribution in [0, 0.1) is 5.92 Å². The summed E-state index contributed by atoms with van der Waals surface area (Å²) in [5, 5.41) is 0. The Balaban J connectivity index is 1.54. The summed E-state index contributed by atoms with van der Waals surface area (Å²) in [7, 11) is 0. The number of ether oxygens (including phenoxy) is 1. The number of carbonyl (C=O) groups is 1. The van der Waals surface area contributed by atoms with Gasteiger partial charge in [0.15, 0.2) is 0 Å². The van der Waals surface area contributed by atoms with Crippen molar-refractivity contribution in [2.75, 3.05) is 39.3 Å². The molecule has 3 rings (SSSR count). The number of hydrogen-bond donors (Lipinski definition) is 0. The standard InChI is InChI=1S/C18H26N2O2/c1-15-7-9-19(10-8-15)13-17-14-20(11-12-22-17)18(21)16-5-3-2-4-6-16/h2-6,15,17H,7-14H2,1H3/t17-/m0/s1. The van der Waals surface area contributed by atoms with Crippen molar-refractivity contribution in [2.24, 2.45) is 5.92 Å². The van der Waals surface area contributed by atoms with Gasteiger partial charge in [-0.25, -0.2) is 0 Å². The van der Waals surface area contributed by atoms with Crippen LogP contribution in [0.2, 0.25) is 0 Å². The quantitative estimate of drug-likeness (QED) is 0.858. The van der Waals surface area contributed by atoms with E-state index in [1.165, 1.54) is 12.8 Å². The summed E-state index contributed by atoms with van der Waals surface area (Å²) in [5.74, 6) is 0.973. The van der Waals surface area contributed by atoms with Crippen LogP contribution >= 0.6 is 0 Å². The van der Waals surface area contributed by atoms with Crippen molar-refractivity contribution in [1.29, 1.82) is 0 Å². The second-order valence-corrected chi connectivity index (χ2v) is 6.59. The first-order valence-electron chi connectivity index (χ1n) is 8.40. The number of likely N-dealkylation sites (tertiary alicyclic amines) is 1. The van der Waals surface area contributed by atoms with Gasteiger partial charge < -0.3 is 14.5 Å². The van der Waals surface area contributed by atoms with E-state index < -0.39 is 0 Å². The zero-order valence-electron chi connectivity index (χ0n) is 13.4. The van der Waals surface area contributed by atoms with Gasteiger partial charge >= 0.3 is 0 Å². The minimum absolute atomic E-state index is 0.126. The van der Waals surface area contributed by atoms with Crippen molar-refractivity contribution in [3.63, 3.8) is 0 Å². The summed E-state index contributed by atoms with van der Waals surface area (Å²) in [5.41, 5.74) is 0.773. The van der Waals surface area contributed by atoms with Gasteiger partial charge in [-0.15, -0.1) is 0 Å².